The Hall–Kier alpha value is -1.11. The van der Waals surface area contributed by atoms with Crippen LogP contribution in [0.25, 0.3) is 0 Å². The van der Waals surface area contributed by atoms with Gasteiger partial charge < -0.3 is 4.74 Å². The molecule has 0 aromatic heterocycles. The molecule has 1 aliphatic heterocycles. The van der Waals surface area contributed by atoms with Gasteiger partial charge in [0.15, 0.2) is 0 Å². The van der Waals surface area contributed by atoms with E-state index in [1.807, 2.05) is 12.1 Å². The maximum atomic E-state index is 11.7. The summed E-state index contributed by atoms with van der Waals surface area (Å²) in [4.78, 5) is 2.48. The second kappa shape index (κ2) is 6.79. The van der Waals surface area contributed by atoms with Crippen LogP contribution in [0, 0.1) is 0 Å². The van der Waals surface area contributed by atoms with Gasteiger partial charge in [-0.05, 0) is 30.5 Å². The van der Waals surface area contributed by atoms with E-state index in [9.17, 15) is 8.42 Å². The lowest BCUT2D eigenvalue weighted by molar-refractivity contribution is 0.240. The van der Waals surface area contributed by atoms with Crippen LogP contribution in [-0.2, 0) is 10.0 Å². The molecule has 2 aliphatic rings. The van der Waals surface area contributed by atoms with Crippen molar-refractivity contribution in [1.29, 1.82) is 0 Å². The van der Waals surface area contributed by atoms with Crippen LogP contribution in [0.4, 0.5) is 0 Å². The second-order valence-corrected chi connectivity index (χ2v) is 8.55. The van der Waals surface area contributed by atoms with E-state index in [2.05, 4.69) is 21.8 Å². The van der Waals surface area contributed by atoms with E-state index in [0.717, 1.165) is 18.8 Å². The molecule has 1 saturated carbocycles. The fraction of sp³-hybridized carbons (Fsp3) is 0.647. The zero-order chi connectivity index (χ0) is 16.4. The summed E-state index contributed by atoms with van der Waals surface area (Å²) in [5, 5.41) is 0. The van der Waals surface area contributed by atoms with E-state index in [4.69, 9.17) is 4.74 Å². The molecule has 0 spiro atoms. The quantitative estimate of drug-likeness (QED) is 0.891. The number of nitrogens with zero attached hydrogens (tertiary/aromatic N) is 1. The summed E-state index contributed by atoms with van der Waals surface area (Å²) in [5.41, 5.74) is 1.17. The molecule has 0 bridgehead atoms. The van der Waals surface area contributed by atoms with Crippen LogP contribution >= 0.6 is 0 Å². The van der Waals surface area contributed by atoms with Crippen LogP contribution in [0.2, 0.25) is 0 Å². The number of hydrogen-bond acceptors (Lipinski definition) is 4. The molecule has 1 aliphatic carbocycles. The first-order valence-electron chi connectivity index (χ1n) is 8.31. The van der Waals surface area contributed by atoms with E-state index >= 15 is 0 Å². The van der Waals surface area contributed by atoms with Gasteiger partial charge in [-0.25, -0.2) is 13.1 Å². The third kappa shape index (κ3) is 4.05. The van der Waals surface area contributed by atoms with Gasteiger partial charge in [0, 0.05) is 31.1 Å². The van der Waals surface area contributed by atoms with Crippen LogP contribution in [0.1, 0.15) is 37.2 Å². The number of rotatable bonds is 5. The zero-order valence-corrected chi connectivity index (χ0v) is 14.7. The van der Waals surface area contributed by atoms with Gasteiger partial charge in [0.05, 0.1) is 13.4 Å². The third-order valence-corrected chi connectivity index (χ3v) is 5.83. The number of ether oxygens (including phenoxy) is 1. The first kappa shape index (κ1) is 16.7. The molecule has 6 heteroatoms. The lowest BCUT2D eigenvalue weighted by Gasteiger charge is -2.23. The van der Waals surface area contributed by atoms with Crippen LogP contribution in [0.15, 0.2) is 24.3 Å². The molecule has 5 nitrogen and oxygen atoms in total. The van der Waals surface area contributed by atoms with Gasteiger partial charge in [-0.3, -0.25) is 4.90 Å². The predicted octanol–water partition coefficient (Wildman–Crippen LogP) is 1.95. The first-order valence-corrected chi connectivity index (χ1v) is 10.2. The van der Waals surface area contributed by atoms with Crippen molar-refractivity contribution in [3.05, 3.63) is 29.8 Å². The third-order valence-electron chi connectivity index (χ3n) is 5.10. The fourth-order valence-corrected chi connectivity index (χ4v) is 4.77. The SMILES string of the molecule is COc1ccc([C@@H]2CN(C3CCCC3)C[C@H]2NS(C)(=O)=O)cc1. The minimum Gasteiger partial charge on any atom is -0.497 e. The summed E-state index contributed by atoms with van der Waals surface area (Å²) in [5.74, 6) is 1.02. The molecule has 2 atom stereocenters. The minimum absolute atomic E-state index is 0.0565. The van der Waals surface area contributed by atoms with Crippen molar-refractivity contribution in [3.63, 3.8) is 0 Å². The van der Waals surface area contributed by atoms with Gasteiger partial charge in [-0.1, -0.05) is 25.0 Å². The van der Waals surface area contributed by atoms with Gasteiger partial charge in [0.25, 0.3) is 0 Å². The average molecular weight is 338 g/mol. The zero-order valence-electron chi connectivity index (χ0n) is 13.9. The molecule has 3 rings (SSSR count). The molecule has 1 saturated heterocycles. The number of nitrogens with one attached hydrogen (secondary N) is 1. The summed E-state index contributed by atoms with van der Waals surface area (Å²) in [6, 6.07) is 8.56. The van der Waals surface area contributed by atoms with Crippen molar-refractivity contribution in [3.8, 4) is 5.75 Å². The number of likely N-dealkylation sites (tertiary alicyclic amines) is 1. The smallest absolute Gasteiger partial charge is 0.209 e. The molecule has 1 aromatic carbocycles. The Morgan fingerprint density at radius 1 is 1.13 bits per heavy atom. The van der Waals surface area contributed by atoms with Crippen molar-refractivity contribution in [2.75, 3.05) is 26.5 Å². The molecular weight excluding hydrogens is 312 g/mol. The molecule has 0 amide bonds. The number of benzene rings is 1. The van der Waals surface area contributed by atoms with Crippen molar-refractivity contribution in [2.45, 2.75) is 43.7 Å². The minimum atomic E-state index is -3.21. The Bertz CT molecular complexity index is 624. The molecule has 1 N–H and O–H groups in total. The average Bonchev–Trinajstić information content (AvgIpc) is 3.15. The van der Waals surface area contributed by atoms with Gasteiger partial charge in [-0.15, -0.1) is 0 Å². The van der Waals surface area contributed by atoms with Crippen LogP contribution in [-0.4, -0.2) is 51.9 Å². The van der Waals surface area contributed by atoms with Crippen molar-refractivity contribution in [1.82, 2.24) is 9.62 Å². The highest BCUT2D eigenvalue weighted by Gasteiger charge is 2.38. The Morgan fingerprint density at radius 2 is 1.78 bits per heavy atom. The Balaban J connectivity index is 1.80. The monoisotopic (exact) mass is 338 g/mol. The largest absolute Gasteiger partial charge is 0.497 e. The maximum Gasteiger partial charge on any atom is 0.209 e. The second-order valence-electron chi connectivity index (χ2n) is 6.77. The van der Waals surface area contributed by atoms with Crippen LogP contribution < -0.4 is 9.46 Å². The first-order chi connectivity index (χ1) is 11.0. The molecule has 128 valence electrons. The number of hydrogen-bond donors (Lipinski definition) is 1. The van der Waals surface area contributed by atoms with Gasteiger partial charge in [0.2, 0.25) is 10.0 Å². The molecular formula is C17H26N2O3S. The van der Waals surface area contributed by atoms with E-state index in [1.54, 1.807) is 7.11 Å². The van der Waals surface area contributed by atoms with Gasteiger partial charge >= 0.3 is 0 Å². The van der Waals surface area contributed by atoms with E-state index in [1.165, 1.54) is 37.5 Å². The highest BCUT2D eigenvalue weighted by atomic mass is 32.2. The van der Waals surface area contributed by atoms with E-state index in [-0.39, 0.29) is 12.0 Å². The summed E-state index contributed by atoms with van der Waals surface area (Å²) < 4.78 is 31.6. The highest BCUT2D eigenvalue weighted by Crippen LogP contribution is 2.34. The standard InChI is InChI=1S/C17H26N2O3S/c1-22-15-9-7-13(8-10-15)16-11-19(14-5-3-4-6-14)12-17(16)18-23(2,20)21/h7-10,14,16-18H,3-6,11-12H2,1-2H3/t16-,17+/m0/s1. The Labute approximate surface area is 139 Å². The number of methoxy groups -OCH3 is 1. The van der Waals surface area contributed by atoms with Crippen molar-refractivity contribution in [2.24, 2.45) is 0 Å². The fourth-order valence-electron chi connectivity index (χ4n) is 3.99. The topological polar surface area (TPSA) is 58.6 Å². The molecule has 0 radical (unpaired) electrons. The number of sulfonamides is 1. The lowest BCUT2D eigenvalue weighted by atomic mass is 9.95. The summed E-state index contributed by atoms with van der Waals surface area (Å²) in [6.07, 6.45) is 6.30. The molecule has 0 unspecified atom stereocenters. The van der Waals surface area contributed by atoms with Gasteiger partial charge in [0.1, 0.15) is 5.75 Å². The normalized spacial score (nSPS) is 26.7. The Kier molecular flexibility index (Phi) is 4.94. The molecule has 23 heavy (non-hydrogen) atoms. The molecule has 1 aromatic rings. The molecule has 1 heterocycles. The summed E-state index contributed by atoms with van der Waals surface area (Å²) >= 11 is 0. The highest BCUT2D eigenvalue weighted by molar-refractivity contribution is 7.88. The van der Waals surface area contributed by atoms with Gasteiger partial charge in [-0.2, -0.15) is 0 Å². The Morgan fingerprint density at radius 3 is 2.35 bits per heavy atom. The predicted molar refractivity (Wildman–Crippen MR) is 91.3 cm³/mol. The summed E-state index contributed by atoms with van der Waals surface area (Å²) in [7, 11) is -1.56. The maximum absolute atomic E-state index is 11.7. The van der Waals surface area contributed by atoms with Crippen molar-refractivity contribution < 1.29 is 13.2 Å². The van der Waals surface area contributed by atoms with Crippen molar-refractivity contribution >= 4 is 10.0 Å². The van der Waals surface area contributed by atoms with E-state index in [0.29, 0.717) is 6.04 Å². The molecule has 2 fully saturated rings. The van der Waals surface area contributed by atoms with Crippen LogP contribution in [0.3, 0.4) is 0 Å². The van der Waals surface area contributed by atoms with E-state index < -0.39 is 10.0 Å². The summed E-state index contributed by atoms with van der Waals surface area (Å²) in [6.45, 7) is 1.72. The lowest BCUT2D eigenvalue weighted by Crippen LogP contribution is -2.40. The van der Waals surface area contributed by atoms with Crippen LogP contribution in [0.5, 0.6) is 5.75 Å².